The number of carbonyl (C=O) groups is 1. The summed E-state index contributed by atoms with van der Waals surface area (Å²) in [5, 5.41) is 8.69. The van der Waals surface area contributed by atoms with E-state index in [0.717, 1.165) is 74.5 Å². The van der Waals surface area contributed by atoms with Gasteiger partial charge in [0.2, 0.25) is 0 Å². The van der Waals surface area contributed by atoms with Crippen LogP contribution in [0.15, 0.2) is 95.7 Å². The number of hydrogen-bond donors (Lipinski definition) is 4. The SMILES string of the molecule is CC1(C)CCC(CC2CNCCN2c2ccc(C(=O)NS(=O)(=O)c3ccc(NCC4CN(C5CC5)CCO4)c(Cl)c3)c(Oc3cnc4[nH]ccc4c3)c2)=C(c2ccc(Cl)cc2)C1. The predicted octanol–water partition coefficient (Wildman–Crippen LogP) is 8.89. The number of ether oxygens (including phenoxy) is 2. The van der Waals surface area contributed by atoms with Crippen molar-refractivity contribution in [3.63, 3.8) is 0 Å². The van der Waals surface area contributed by atoms with Crippen molar-refractivity contribution < 1.29 is 22.7 Å². The molecule has 5 aromatic rings. The number of nitrogens with one attached hydrogen (secondary N) is 4. The Bertz CT molecular complexity index is 2590. The lowest BCUT2D eigenvalue weighted by Crippen LogP contribution is -2.51. The molecule has 0 bridgehead atoms. The molecule has 4 N–H and O–H groups in total. The van der Waals surface area contributed by atoms with Crippen LogP contribution in [0.3, 0.4) is 0 Å². The number of benzene rings is 3. The van der Waals surface area contributed by atoms with Crippen molar-refractivity contribution in [3.05, 3.63) is 112 Å². The van der Waals surface area contributed by atoms with Crippen molar-refractivity contribution in [1.82, 2.24) is 24.9 Å². The van der Waals surface area contributed by atoms with Crippen LogP contribution in [0.1, 0.15) is 68.3 Å². The minimum Gasteiger partial charge on any atom is -0.455 e. The second-order valence-corrected chi connectivity index (χ2v) is 20.3. The average molecular weight is 899 g/mol. The smallest absolute Gasteiger partial charge is 0.268 e. The highest BCUT2D eigenvalue weighted by Gasteiger charge is 2.34. The molecule has 15 heteroatoms. The number of halogens is 2. The topological polar surface area (TPSA) is 141 Å². The van der Waals surface area contributed by atoms with Crippen LogP contribution in [0.4, 0.5) is 11.4 Å². The van der Waals surface area contributed by atoms with E-state index in [1.807, 2.05) is 36.4 Å². The largest absolute Gasteiger partial charge is 0.455 e. The monoisotopic (exact) mass is 897 g/mol. The summed E-state index contributed by atoms with van der Waals surface area (Å²) in [5.41, 5.74) is 6.41. The molecule has 2 aliphatic carbocycles. The molecule has 2 aromatic heterocycles. The maximum absolute atomic E-state index is 14.1. The van der Waals surface area contributed by atoms with E-state index in [2.05, 4.69) is 61.1 Å². The lowest BCUT2D eigenvalue weighted by atomic mass is 9.71. The lowest BCUT2D eigenvalue weighted by molar-refractivity contribution is -0.0241. The van der Waals surface area contributed by atoms with Gasteiger partial charge in [-0.25, -0.2) is 18.1 Å². The van der Waals surface area contributed by atoms with Crippen LogP contribution < -0.4 is 25.0 Å². The van der Waals surface area contributed by atoms with Crippen LogP contribution in [0.5, 0.6) is 11.5 Å². The molecule has 4 heterocycles. The molecular weight excluding hydrogens is 846 g/mol. The zero-order valence-corrected chi connectivity index (χ0v) is 37.4. The summed E-state index contributed by atoms with van der Waals surface area (Å²) in [6.07, 6.45) is 9.79. The molecule has 326 valence electrons. The van der Waals surface area contributed by atoms with Crippen molar-refractivity contribution in [1.29, 1.82) is 0 Å². The molecule has 9 rings (SSSR count). The first-order valence-corrected chi connectivity index (χ1v) is 23.8. The summed E-state index contributed by atoms with van der Waals surface area (Å²) < 4.78 is 42.3. The maximum Gasteiger partial charge on any atom is 0.268 e. The normalized spacial score (nSPS) is 20.9. The number of carbonyl (C=O) groups excluding carboxylic acids is 1. The van der Waals surface area contributed by atoms with Crippen molar-refractivity contribution >= 4 is 67.1 Å². The molecule has 2 unspecified atom stereocenters. The van der Waals surface area contributed by atoms with Gasteiger partial charge in [0.25, 0.3) is 15.9 Å². The third-order valence-corrected chi connectivity index (χ3v) is 14.5. The predicted molar refractivity (Wildman–Crippen MR) is 246 cm³/mol. The summed E-state index contributed by atoms with van der Waals surface area (Å²) in [7, 11) is -4.34. The van der Waals surface area contributed by atoms with E-state index < -0.39 is 15.9 Å². The highest BCUT2D eigenvalue weighted by molar-refractivity contribution is 7.90. The molecule has 0 radical (unpaired) electrons. The number of nitrogens with zero attached hydrogens (tertiary/aromatic N) is 3. The maximum atomic E-state index is 14.1. The summed E-state index contributed by atoms with van der Waals surface area (Å²) in [4.78, 5) is 26.3. The Kier molecular flexibility index (Phi) is 12.3. The minimum atomic E-state index is -4.34. The number of rotatable bonds is 13. The number of anilines is 2. The third-order valence-electron chi connectivity index (χ3n) is 12.6. The van der Waals surface area contributed by atoms with Crippen LogP contribution >= 0.6 is 23.2 Å². The summed E-state index contributed by atoms with van der Waals surface area (Å²) >= 11 is 12.9. The van der Waals surface area contributed by atoms with Crippen LogP contribution in [-0.2, 0) is 14.8 Å². The van der Waals surface area contributed by atoms with E-state index in [0.29, 0.717) is 36.3 Å². The molecule has 1 amide bonds. The van der Waals surface area contributed by atoms with Crippen molar-refractivity contribution in [3.8, 4) is 11.5 Å². The van der Waals surface area contributed by atoms with Gasteiger partial charge in [0, 0.05) is 79.7 Å². The first kappa shape index (κ1) is 42.7. The van der Waals surface area contributed by atoms with Gasteiger partial charge in [0.1, 0.15) is 17.1 Å². The fourth-order valence-corrected chi connectivity index (χ4v) is 10.5. The van der Waals surface area contributed by atoms with E-state index in [1.165, 1.54) is 41.7 Å². The Morgan fingerprint density at radius 2 is 1.87 bits per heavy atom. The highest BCUT2D eigenvalue weighted by Crippen LogP contribution is 2.45. The molecule has 3 fully saturated rings. The lowest BCUT2D eigenvalue weighted by Gasteiger charge is -2.41. The van der Waals surface area contributed by atoms with E-state index in [1.54, 1.807) is 24.5 Å². The summed E-state index contributed by atoms with van der Waals surface area (Å²) in [6, 6.07) is 22.4. The molecule has 12 nitrogen and oxygen atoms in total. The van der Waals surface area contributed by atoms with Crippen molar-refractivity contribution in [2.75, 3.05) is 56.1 Å². The van der Waals surface area contributed by atoms with E-state index in [9.17, 15) is 13.2 Å². The number of H-pyrrole nitrogens is 1. The molecule has 2 saturated heterocycles. The first-order chi connectivity index (χ1) is 29.9. The number of pyridine rings is 1. The molecule has 2 atom stereocenters. The van der Waals surface area contributed by atoms with Crippen molar-refractivity contribution in [2.24, 2.45) is 5.41 Å². The zero-order chi connectivity index (χ0) is 43.0. The molecule has 62 heavy (non-hydrogen) atoms. The number of aromatic nitrogens is 2. The van der Waals surface area contributed by atoms with Gasteiger partial charge in [-0.3, -0.25) is 9.69 Å². The molecule has 4 aliphatic rings. The Morgan fingerprint density at radius 3 is 2.68 bits per heavy atom. The van der Waals surface area contributed by atoms with Crippen molar-refractivity contribution in [2.45, 2.75) is 75.5 Å². The number of amides is 1. The number of allylic oxidation sites excluding steroid dienone is 1. The van der Waals surface area contributed by atoms with E-state index >= 15 is 0 Å². The molecule has 2 aliphatic heterocycles. The number of piperazine rings is 1. The fourth-order valence-electron chi connectivity index (χ4n) is 9.05. The van der Waals surface area contributed by atoms with Gasteiger partial charge in [-0.1, -0.05) is 54.8 Å². The van der Waals surface area contributed by atoms with E-state index in [4.69, 9.17) is 32.7 Å². The second-order valence-electron chi connectivity index (χ2n) is 17.7. The van der Waals surface area contributed by atoms with Crippen LogP contribution in [-0.4, -0.2) is 93.3 Å². The zero-order valence-electron chi connectivity index (χ0n) is 35.1. The van der Waals surface area contributed by atoms with Crippen LogP contribution in [0.25, 0.3) is 16.6 Å². The van der Waals surface area contributed by atoms with Crippen LogP contribution in [0, 0.1) is 5.41 Å². The van der Waals surface area contributed by atoms with Gasteiger partial charge in [-0.2, -0.15) is 0 Å². The quantitative estimate of drug-likeness (QED) is 0.0906. The first-order valence-electron chi connectivity index (χ1n) is 21.5. The standard InChI is InChI=1S/C47H53Cl2N7O5S/c1-47(2)15-13-31(41(25-47)30-3-5-33(48)6-4-30)21-36-26-50-17-18-56(36)35-9-11-40(44(23-35)61-37-22-32-14-16-51-45(32)53-27-37)46(57)54-62(58,59)39-10-12-43(42(49)24-39)52-28-38-29-55(19-20-60-38)34-7-8-34/h3-6,9-12,14,16,22-24,27,34,36,38,50,52H,7-8,13,15,17-21,25-26,28-29H2,1-2H3,(H,51,53)(H,54,57). The Labute approximate surface area is 373 Å². The average Bonchev–Trinajstić information content (AvgIpc) is 4.01. The number of morpholine rings is 1. The Hall–Kier alpha value is -4.63. The number of aromatic amines is 1. The fraction of sp³-hybridized carbons (Fsp3) is 0.404. The summed E-state index contributed by atoms with van der Waals surface area (Å²) in [6.45, 7) is 9.96. The number of fused-ring (bicyclic) bond motifs is 1. The number of hydrogen-bond acceptors (Lipinski definition) is 10. The third kappa shape index (κ3) is 9.78. The van der Waals surface area contributed by atoms with Gasteiger partial charge in [-0.15, -0.1) is 0 Å². The molecule has 0 spiro atoms. The minimum absolute atomic E-state index is 0.000938. The van der Waals surface area contributed by atoms with Gasteiger partial charge in [0.15, 0.2) is 0 Å². The van der Waals surface area contributed by atoms with Gasteiger partial charge >= 0.3 is 0 Å². The van der Waals surface area contributed by atoms with Gasteiger partial charge in [0.05, 0.1) is 40.1 Å². The number of sulfonamides is 1. The molecule has 1 saturated carbocycles. The Balaban J connectivity index is 0.966. The summed E-state index contributed by atoms with van der Waals surface area (Å²) in [5.74, 6) is -0.235. The van der Waals surface area contributed by atoms with Gasteiger partial charge < -0.3 is 30.0 Å². The molecular formula is C47H53Cl2N7O5S. The second kappa shape index (κ2) is 17.9. The van der Waals surface area contributed by atoms with Crippen LogP contribution in [0.2, 0.25) is 10.0 Å². The highest BCUT2D eigenvalue weighted by atomic mass is 35.5. The Morgan fingerprint density at radius 1 is 1.03 bits per heavy atom. The molecule has 3 aromatic carbocycles. The van der Waals surface area contributed by atoms with Gasteiger partial charge in [-0.05, 0) is 110 Å². The van der Waals surface area contributed by atoms with E-state index in [-0.39, 0.29) is 38.8 Å².